The minimum Gasteiger partial charge on any atom is -0.396 e. The van der Waals surface area contributed by atoms with Crippen LogP contribution in [0.1, 0.15) is 53.4 Å². The van der Waals surface area contributed by atoms with Gasteiger partial charge >= 0.3 is 0 Å². The number of carbonyl (C=O) groups is 1. The number of ether oxygens (including phenoxy) is 3. The first kappa shape index (κ1) is 23.8. The molecule has 0 radical (unpaired) electrons. The summed E-state index contributed by atoms with van der Waals surface area (Å²) in [6.07, 6.45) is 12.5. The molecule has 0 spiro atoms. The summed E-state index contributed by atoms with van der Waals surface area (Å²) in [4.78, 5) is 11.7. The molecule has 2 rings (SSSR count). The highest BCUT2D eigenvalue weighted by Gasteiger charge is 2.33. The third-order valence-electron chi connectivity index (χ3n) is 5.10. The first-order chi connectivity index (χ1) is 13.8. The molecule has 0 bridgehead atoms. The van der Waals surface area contributed by atoms with Crippen molar-refractivity contribution >= 4 is 5.91 Å². The van der Waals surface area contributed by atoms with E-state index < -0.39 is 0 Å². The summed E-state index contributed by atoms with van der Waals surface area (Å²) in [6, 6.07) is -0.114. The summed E-state index contributed by atoms with van der Waals surface area (Å²) >= 11 is 0. The second kappa shape index (κ2) is 11.6. The van der Waals surface area contributed by atoms with Crippen molar-refractivity contribution in [3.05, 3.63) is 36.0 Å². The molecule has 29 heavy (non-hydrogen) atoms. The average molecular weight is 408 g/mol. The fraction of sp³-hybridized carbons (Fsp3) is 0.696. The summed E-state index contributed by atoms with van der Waals surface area (Å²) < 4.78 is 17.5. The van der Waals surface area contributed by atoms with Crippen molar-refractivity contribution in [1.29, 1.82) is 0 Å². The monoisotopic (exact) mass is 407 g/mol. The quantitative estimate of drug-likeness (QED) is 0.477. The van der Waals surface area contributed by atoms with Gasteiger partial charge in [-0.2, -0.15) is 0 Å². The van der Waals surface area contributed by atoms with Crippen LogP contribution in [0.3, 0.4) is 0 Å². The van der Waals surface area contributed by atoms with E-state index in [0.29, 0.717) is 19.6 Å². The van der Waals surface area contributed by atoms with Gasteiger partial charge in [0, 0.05) is 13.0 Å². The molecule has 2 aliphatic rings. The molecular weight excluding hydrogens is 370 g/mol. The molecule has 6 heteroatoms. The van der Waals surface area contributed by atoms with Gasteiger partial charge in [0.2, 0.25) is 5.91 Å². The zero-order chi connectivity index (χ0) is 21.3. The zero-order valence-electron chi connectivity index (χ0n) is 18.2. The molecule has 0 saturated carbocycles. The highest BCUT2D eigenvalue weighted by atomic mass is 16.7. The number of hydrogen-bond acceptors (Lipinski definition) is 5. The molecule has 2 fully saturated rings. The Morgan fingerprint density at radius 3 is 2.62 bits per heavy atom. The molecule has 164 valence electrons. The highest BCUT2D eigenvalue weighted by molar-refractivity contribution is 5.87. The predicted octanol–water partition coefficient (Wildman–Crippen LogP) is 3.27. The lowest BCUT2D eigenvalue weighted by molar-refractivity contribution is -0.187. The lowest BCUT2D eigenvalue weighted by Crippen LogP contribution is -2.46. The summed E-state index contributed by atoms with van der Waals surface area (Å²) in [6.45, 7) is 9.29. The van der Waals surface area contributed by atoms with Crippen LogP contribution in [0.4, 0.5) is 0 Å². The van der Waals surface area contributed by atoms with E-state index in [2.05, 4.69) is 37.4 Å². The van der Waals surface area contributed by atoms with Crippen molar-refractivity contribution in [2.24, 2.45) is 5.92 Å². The van der Waals surface area contributed by atoms with Gasteiger partial charge in [-0.3, -0.25) is 4.79 Å². The SMILES string of the molecule is CC/C=C\C(=O)NC1COC(C/C=C(C)/C=C/[C@@H]2C[C@H](CO)CC(C)(C)O2)OC1. The van der Waals surface area contributed by atoms with Crippen LogP contribution in [-0.2, 0) is 19.0 Å². The molecule has 0 aliphatic carbocycles. The Labute approximate surface area is 175 Å². The maximum atomic E-state index is 11.7. The van der Waals surface area contributed by atoms with Crippen LogP contribution in [0.2, 0.25) is 0 Å². The van der Waals surface area contributed by atoms with Gasteiger partial charge in [0.05, 0.1) is 31.0 Å². The van der Waals surface area contributed by atoms with Gasteiger partial charge in [0.25, 0.3) is 0 Å². The predicted molar refractivity (Wildman–Crippen MR) is 113 cm³/mol. The van der Waals surface area contributed by atoms with Gasteiger partial charge in [-0.15, -0.1) is 0 Å². The van der Waals surface area contributed by atoms with Crippen LogP contribution in [0.25, 0.3) is 0 Å². The number of rotatable bonds is 8. The van der Waals surface area contributed by atoms with E-state index in [9.17, 15) is 9.90 Å². The summed E-state index contributed by atoms with van der Waals surface area (Å²) in [5, 5.41) is 12.4. The molecule has 2 aliphatic heterocycles. The molecule has 2 heterocycles. The number of nitrogens with one attached hydrogen (secondary N) is 1. The van der Waals surface area contributed by atoms with Gasteiger partial charge in [-0.05, 0) is 52.0 Å². The van der Waals surface area contributed by atoms with Crippen molar-refractivity contribution < 1.29 is 24.1 Å². The summed E-state index contributed by atoms with van der Waals surface area (Å²) in [5.41, 5.74) is 0.908. The van der Waals surface area contributed by atoms with E-state index in [1.54, 1.807) is 6.08 Å². The molecule has 2 N–H and O–H groups in total. The second-order valence-electron chi connectivity index (χ2n) is 8.56. The maximum Gasteiger partial charge on any atom is 0.244 e. The molecule has 0 unspecified atom stereocenters. The lowest BCUT2D eigenvalue weighted by Gasteiger charge is -2.39. The summed E-state index contributed by atoms with van der Waals surface area (Å²) in [7, 11) is 0. The van der Waals surface area contributed by atoms with Crippen molar-refractivity contribution in [1.82, 2.24) is 5.32 Å². The van der Waals surface area contributed by atoms with E-state index in [1.165, 1.54) is 0 Å². The molecule has 0 aromatic carbocycles. The van der Waals surface area contributed by atoms with Crippen molar-refractivity contribution in [2.45, 2.75) is 77.4 Å². The number of allylic oxidation sites excluding steroid dienone is 3. The standard InChI is InChI=1S/C23H37NO5/c1-5-6-7-21(26)24-19-15-27-22(28-16-19)11-9-17(2)8-10-20-12-18(14-25)13-23(3,4)29-20/h6-10,18-20,22,25H,5,11-16H2,1-4H3,(H,24,26)/b7-6-,10-8+,17-9+/t18-,19?,20+,22?/m0/s1. The van der Waals surface area contributed by atoms with Crippen LogP contribution in [0.5, 0.6) is 0 Å². The molecule has 1 amide bonds. The Kier molecular flexibility index (Phi) is 9.56. The first-order valence-corrected chi connectivity index (χ1v) is 10.6. The largest absolute Gasteiger partial charge is 0.396 e. The van der Waals surface area contributed by atoms with Gasteiger partial charge in [-0.25, -0.2) is 0 Å². The first-order valence-electron chi connectivity index (χ1n) is 10.6. The fourth-order valence-corrected chi connectivity index (χ4v) is 3.72. The highest BCUT2D eigenvalue weighted by Crippen LogP contribution is 2.32. The lowest BCUT2D eigenvalue weighted by atomic mass is 9.86. The van der Waals surface area contributed by atoms with Crippen LogP contribution in [0, 0.1) is 5.92 Å². The topological polar surface area (TPSA) is 77.0 Å². The Hall–Kier alpha value is -1.47. The summed E-state index contributed by atoms with van der Waals surface area (Å²) in [5.74, 6) is 0.174. The third kappa shape index (κ3) is 8.83. The average Bonchev–Trinajstić information content (AvgIpc) is 2.69. The molecular formula is C23H37NO5. The molecule has 6 nitrogen and oxygen atoms in total. The van der Waals surface area contributed by atoms with Crippen LogP contribution in [0.15, 0.2) is 36.0 Å². The van der Waals surface area contributed by atoms with Crippen molar-refractivity contribution in [2.75, 3.05) is 19.8 Å². The second-order valence-corrected chi connectivity index (χ2v) is 8.56. The molecule has 2 saturated heterocycles. The Morgan fingerprint density at radius 1 is 1.24 bits per heavy atom. The minimum atomic E-state index is -0.290. The molecule has 0 aromatic heterocycles. The Morgan fingerprint density at radius 2 is 1.97 bits per heavy atom. The Balaban J connectivity index is 1.74. The normalized spacial score (nSPS) is 30.7. The maximum absolute atomic E-state index is 11.7. The number of amides is 1. The third-order valence-corrected chi connectivity index (χ3v) is 5.10. The van der Waals surface area contributed by atoms with Gasteiger partial charge in [0.1, 0.15) is 0 Å². The van der Waals surface area contributed by atoms with Crippen LogP contribution >= 0.6 is 0 Å². The number of aliphatic hydroxyl groups excluding tert-OH is 1. The van der Waals surface area contributed by atoms with E-state index in [1.807, 2.05) is 19.9 Å². The molecule has 2 atom stereocenters. The van der Waals surface area contributed by atoms with Gasteiger partial charge in [-0.1, -0.05) is 36.8 Å². The van der Waals surface area contributed by atoms with Crippen LogP contribution in [-0.4, -0.2) is 54.9 Å². The smallest absolute Gasteiger partial charge is 0.244 e. The van der Waals surface area contributed by atoms with E-state index in [-0.39, 0.29) is 42.5 Å². The molecule has 0 aromatic rings. The minimum absolute atomic E-state index is 0.0209. The Bertz CT molecular complexity index is 602. The van der Waals surface area contributed by atoms with Crippen molar-refractivity contribution in [3.63, 3.8) is 0 Å². The van der Waals surface area contributed by atoms with Gasteiger partial charge < -0.3 is 24.6 Å². The van der Waals surface area contributed by atoms with Crippen LogP contribution < -0.4 is 5.32 Å². The van der Waals surface area contributed by atoms with E-state index >= 15 is 0 Å². The zero-order valence-corrected chi connectivity index (χ0v) is 18.2. The van der Waals surface area contributed by atoms with Gasteiger partial charge in [0.15, 0.2) is 6.29 Å². The number of hydrogen-bond donors (Lipinski definition) is 2. The van der Waals surface area contributed by atoms with E-state index in [4.69, 9.17) is 14.2 Å². The number of aliphatic hydroxyl groups is 1. The van der Waals surface area contributed by atoms with E-state index in [0.717, 1.165) is 24.8 Å². The van der Waals surface area contributed by atoms with Crippen molar-refractivity contribution in [3.8, 4) is 0 Å². The fourth-order valence-electron chi connectivity index (χ4n) is 3.72. The number of carbonyl (C=O) groups excluding carboxylic acids is 1.